The number of halogens is 2. The summed E-state index contributed by atoms with van der Waals surface area (Å²) in [6, 6.07) is 14.1. The van der Waals surface area contributed by atoms with Crippen LogP contribution in [0.2, 0.25) is 10.0 Å². The SMILES string of the molecule is CN(C)c1cc(Cl)cc(C(=O)Nc2ccc(Cl)cn2)c1NC(=O)c1ccc(C(N2CCC2)=[N+]2CCC2)cc1. The molecule has 38 heavy (non-hydrogen) atoms. The second-order valence-corrected chi connectivity index (χ2v) is 10.5. The first-order valence-corrected chi connectivity index (χ1v) is 13.3. The lowest BCUT2D eigenvalue weighted by atomic mass is 10.0. The van der Waals surface area contributed by atoms with Crippen LogP contribution in [0.3, 0.4) is 0 Å². The predicted octanol–water partition coefficient (Wildman–Crippen LogP) is 4.83. The summed E-state index contributed by atoms with van der Waals surface area (Å²) in [4.78, 5) is 35.0. The molecule has 0 atom stereocenters. The molecule has 1 aromatic heterocycles. The lowest BCUT2D eigenvalue weighted by molar-refractivity contribution is -0.587. The minimum atomic E-state index is -0.459. The van der Waals surface area contributed by atoms with E-state index >= 15 is 0 Å². The Kier molecular flexibility index (Phi) is 7.53. The molecule has 0 spiro atoms. The van der Waals surface area contributed by atoms with Gasteiger partial charge in [0.1, 0.15) is 5.82 Å². The summed E-state index contributed by atoms with van der Waals surface area (Å²) in [7, 11) is 3.64. The Labute approximate surface area is 231 Å². The van der Waals surface area contributed by atoms with Gasteiger partial charge in [-0.1, -0.05) is 23.2 Å². The van der Waals surface area contributed by atoms with Gasteiger partial charge in [-0.25, -0.2) is 4.98 Å². The average molecular weight is 552 g/mol. The monoisotopic (exact) mass is 551 g/mol. The van der Waals surface area contributed by atoms with Crippen LogP contribution in [0.4, 0.5) is 17.2 Å². The predicted molar refractivity (Wildman–Crippen MR) is 152 cm³/mol. The number of nitrogens with zero attached hydrogens (tertiary/aromatic N) is 4. The lowest BCUT2D eigenvalue weighted by Crippen LogP contribution is -2.49. The van der Waals surface area contributed by atoms with Gasteiger partial charge in [-0.3, -0.25) is 19.1 Å². The first-order chi connectivity index (χ1) is 18.3. The van der Waals surface area contributed by atoms with Crippen molar-refractivity contribution in [2.24, 2.45) is 0 Å². The molecule has 3 heterocycles. The maximum absolute atomic E-state index is 13.4. The van der Waals surface area contributed by atoms with E-state index in [0.717, 1.165) is 31.7 Å². The van der Waals surface area contributed by atoms with Crippen LogP contribution >= 0.6 is 23.2 Å². The van der Waals surface area contributed by atoms with Crippen molar-refractivity contribution >= 4 is 58.0 Å². The number of aromatic nitrogens is 1. The van der Waals surface area contributed by atoms with Crippen molar-refractivity contribution in [3.8, 4) is 0 Å². The topological polar surface area (TPSA) is 80.6 Å². The van der Waals surface area contributed by atoms with Crippen LogP contribution in [-0.2, 0) is 0 Å². The molecule has 2 aliphatic heterocycles. The van der Waals surface area contributed by atoms with Crippen LogP contribution in [0.5, 0.6) is 0 Å². The molecule has 196 valence electrons. The molecule has 2 aromatic carbocycles. The molecule has 8 nitrogen and oxygen atoms in total. The Hall–Kier alpha value is -3.62. The molecule has 5 rings (SSSR count). The molecular formula is C28H29Cl2N6O2+. The van der Waals surface area contributed by atoms with E-state index in [4.69, 9.17) is 23.2 Å². The van der Waals surface area contributed by atoms with Crippen molar-refractivity contribution in [3.63, 3.8) is 0 Å². The largest absolute Gasteiger partial charge is 0.376 e. The van der Waals surface area contributed by atoms with Crippen LogP contribution in [0.25, 0.3) is 0 Å². The number of amides is 2. The highest BCUT2D eigenvalue weighted by Gasteiger charge is 2.32. The highest BCUT2D eigenvalue weighted by molar-refractivity contribution is 6.32. The van der Waals surface area contributed by atoms with E-state index in [1.807, 2.05) is 38.4 Å². The van der Waals surface area contributed by atoms with Gasteiger partial charge in [0.05, 0.1) is 53.7 Å². The van der Waals surface area contributed by atoms with Gasteiger partial charge in [-0.05, 0) is 48.5 Å². The summed E-state index contributed by atoms with van der Waals surface area (Å²) in [5.41, 5.74) is 2.77. The van der Waals surface area contributed by atoms with Crippen molar-refractivity contribution in [3.05, 3.63) is 81.5 Å². The van der Waals surface area contributed by atoms with Crippen LogP contribution in [0, 0.1) is 0 Å². The number of hydrogen-bond acceptors (Lipinski definition) is 4. The normalized spacial score (nSPS) is 14.3. The highest BCUT2D eigenvalue weighted by atomic mass is 35.5. The molecule has 2 amide bonds. The van der Waals surface area contributed by atoms with Gasteiger partial charge in [0.25, 0.3) is 17.6 Å². The molecule has 0 aliphatic carbocycles. The zero-order chi connectivity index (χ0) is 26.8. The summed E-state index contributed by atoms with van der Waals surface area (Å²) < 4.78 is 2.39. The van der Waals surface area contributed by atoms with Gasteiger partial charge in [0, 0.05) is 43.7 Å². The zero-order valence-corrected chi connectivity index (χ0v) is 22.8. The van der Waals surface area contributed by atoms with Crippen molar-refractivity contribution in [1.29, 1.82) is 0 Å². The smallest absolute Gasteiger partial charge is 0.279 e. The van der Waals surface area contributed by atoms with Crippen LogP contribution in [0.1, 0.15) is 39.1 Å². The summed E-state index contributed by atoms with van der Waals surface area (Å²) in [6.45, 7) is 4.26. The molecule has 2 saturated heterocycles. The Morgan fingerprint density at radius 3 is 2.16 bits per heavy atom. The Morgan fingerprint density at radius 2 is 1.61 bits per heavy atom. The molecular weight excluding hydrogens is 523 g/mol. The molecule has 3 aromatic rings. The molecule has 0 radical (unpaired) electrons. The number of pyridine rings is 1. The van der Waals surface area contributed by atoms with Gasteiger partial charge >= 0.3 is 0 Å². The number of hydrogen-bond donors (Lipinski definition) is 2. The van der Waals surface area contributed by atoms with Gasteiger partial charge in [-0.15, -0.1) is 0 Å². The van der Waals surface area contributed by atoms with Crippen LogP contribution in [-0.4, -0.2) is 72.4 Å². The fraction of sp³-hybridized carbons (Fsp3) is 0.286. The zero-order valence-electron chi connectivity index (χ0n) is 21.3. The Morgan fingerprint density at radius 1 is 0.895 bits per heavy atom. The summed E-state index contributed by atoms with van der Waals surface area (Å²) in [5.74, 6) is 0.793. The number of anilines is 3. The number of carbonyl (C=O) groups is 2. The number of benzene rings is 2. The fourth-order valence-electron chi connectivity index (χ4n) is 4.47. The minimum absolute atomic E-state index is 0.217. The van der Waals surface area contributed by atoms with Crippen LogP contribution in [0.15, 0.2) is 54.7 Å². The Bertz CT molecular complexity index is 1390. The van der Waals surface area contributed by atoms with Crippen molar-refractivity contribution in [1.82, 2.24) is 9.88 Å². The van der Waals surface area contributed by atoms with Gasteiger partial charge < -0.3 is 15.5 Å². The lowest BCUT2D eigenvalue weighted by Gasteiger charge is -2.31. The third-order valence-corrected chi connectivity index (χ3v) is 7.17. The molecule has 10 heteroatoms. The van der Waals surface area contributed by atoms with Crippen molar-refractivity contribution < 1.29 is 14.2 Å². The molecule has 0 bridgehead atoms. The fourth-order valence-corrected chi connectivity index (χ4v) is 4.79. The van der Waals surface area contributed by atoms with Crippen LogP contribution < -0.4 is 15.5 Å². The third kappa shape index (κ3) is 5.47. The average Bonchev–Trinajstić information content (AvgIpc) is 2.83. The number of carbonyl (C=O) groups excluding carboxylic acids is 2. The van der Waals surface area contributed by atoms with Crippen molar-refractivity contribution in [2.45, 2.75) is 12.8 Å². The standard InChI is InChI=1S/C28H28Cl2N6O2/c1-34(2)23-16-21(30)15-22(27(38)32-24-10-9-20(29)17-31-24)25(23)33-26(37)18-5-7-19(8-6-18)28(35-11-3-12-35)36-13-4-14-36/h5-10,15-17H,3-4,11-14H2,1-2H3,(H-,31,32,33,37,38)/p+1. The Balaban J connectivity index is 1.42. The number of likely N-dealkylation sites (tertiary alicyclic amines) is 1. The number of rotatable bonds is 6. The minimum Gasteiger partial charge on any atom is -0.376 e. The highest BCUT2D eigenvalue weighted by Crippen LogP contribution is 2.33. The van der Waals surface area contributed by atoms with Gasteiger partial charge in [0.15, 0.2) is 0 Å². The quantitative estimate of drug-likeness (QED) is 0.339. The molecule has 2 aliphatic rings. The van der Waals surface area contributed by atoms with E-state index in [2.05, 4.69) is 25.1 Å². The van der Waals surface area contributed by atoms with E-state index in [1.54, 1.807) is 23.1 Å². The maximum Gasteiger partial charge on any atom is 0.279 e. The third-order valence-electron chi connectivity index (χ3n) is 6.73. The van der Waals surface area contributed by atoms with E-state index in [1.165, 1.54) is 30.9 Å². The summed E-state index contributed by atoms with van der Waals surface area (Å²) in [6.07, 6.45) is 3.85. The summed E-state index contributed by atoms with van der Waals surface area (Å²) in [5, 5.41) is 6.52. The molecule has 0 saturated carbocycles. The van der Waals surface area contributed by atoms with E-state index < -0.39 is 5.91 Å². The second-order valence-electron chi connectivity index (χ2n) is 9.59. The molecule has 2 N–H and O–H groups in total. The first-order valence-electron chi connectivity index (χ1n) is 12.5. The second kappa shape index (κ2) is 11.0. The first kappa shape index (κ1) is 26.0. The van der Waals surface area contributed by atoms with E-state index in [-0.39, 0.29) is 11.5 Å². The van der Waals surface area contributed by atoms with E-state index in [0.29, 0.717) is 32.8 Å². The number of amidine groups is 1. The maximum atomic E-state index is 13.4. The summed E-state index contributed by atoms with van der Waals surface area (Å²) >= 11 is 12.3. The van der Waals surface area contributed by atoms with Crippen molar-refractivity contribution in [2.75, 3.05) is 55.8 Å². The van der Waals surface area contributed by atoms with E-state index in [9.17, 15) is 9.59 Å². The number of nitrogens with one attached hydrogen (secondary N) is 2. The van der Waals surface area contributed by atoms with Gasteiger partial charge in [-0.2, -0.15) is 0 Å². The van der Waals surface area contributed by atoms with Gasteiger partial charge in [0.2, 0.25) is 0 Å². The molecule has 2 fully saturated rings. The molecule has 0 unspecified atom stereocenters.